The number of aryl methyl sites for hydroxylation is 2. The van der Waals surface area contributed by atoms with Crippen LogP contribution < -0.4 is 9.03 Å². The highest BCUT2D eigenvalue weighted by Gasteiger charge is 2.28. The van der Waals surface area contributed by atoms with E-state index in [1.54, 1.807) is 19.1 Å². The molecule has 2 heterocycles. The molecule has 130 valence electrons. The number of benzene rings is 1. The van der Waals surface area contributed by atoms with Crippen molar-refractivity contribution in [1.82, 2.24) is 5.16 Å². The Bertz CT molecular complexity index is 943. The number of hydrogen-bond donors (Lipinski definition) is 1. The van der Waals surface area contributed by atoms with Crippen LogP contribution in [0.4, 0.5) is 11.4 Å². The van der Waals surface area contributed by atoms with E-state index in [4.69, 9.17) is 4.52 Å². The van der Waals surface area contributed by atoms with Crippen LogP contribution in [0.1, 0.15) is 17.9 Å². The monoisotopic (exact) mass is 371 g/mol. The molecule has 24 heavy (non-hydrogen) atoms. The van der Waals surface area contributed by atoms with Gasteiger partial charge in [-0.05, 0) is 44.5 Å². The standard InChI is InChI=1S/C14H17N3O5S2/c1-10-14(11(2)22-15-10)24(20,21)16-12-4-6-13(7-5-12)17-8-3-9-23(17,18)19/h4-7,16H,3,8-9H2,1-2H3. The molecule has 1 aromatic carbocycles. The number of sulfonamides is 2. The van der Waals surface area contributed by atoms with Crippen LogP contribution in [0.2, 0.25) is 0 Å². The van der Waals surface area contributed by atoms with Gasteiger partial charge in [0, 0.05) is 12.2 Å². The van der Waals surface area contributed by atoms with Gasteiger partial charge in [-0.3, -0.25) is 9.03 Å². The van der Waals surface area contributed by atoms with Gasteiger partial charge >= 0.3 is 0 Å². The zero-order valence-corrected chi connectivity index (χ0v) is 14.8. The molecule has 0 saturated carbocycles. The average molecular weight is 371 g/mol. The number of aromatic nitrogens is 1. The molecule has 0 spiro atoms. The lowest BCUT2D eigenvalue weighted by Crippen LogP contribution is -2.25. The van der Waals surface area contributed by atoms with Crippen LogP contribution in [0.3, 0.4) is 0 Å². The van der Waals surface area contributed by atoms with Gasteiger partial charge in [-0.15, -0.1) is 0 Å². The number of anilines is 2. The van der Waals surface area contributed by atoms with Crippen LogP contribution in [0.25, 0.3) is 0 Å². The van der Waals surface area contributed by atoms with E-state index in [9.17, 15) is 16.8 Å². The predicted molar refractivity (Wildman–Crippen MR) is 89.0 cm³/mol. The Morgan fingerprint density at radius 3 is 2.38 bits per heavy atom. The zero-order chi connectivity index (χ0) is 17.5. The quantitative estimate of drug-likeness (QED) is 0.875. The van der Waals surface area contributed by atoms with Gasteiger partial charge in [-0.2, -0.15) is 0 Å². The summed E-state index contributed by atoms with van der Waals surface area (Å²) in [5, 5.41) is 3.64. The van der Waals surface area contributed by atoms with Crippen LogP contribution in [-0.4, -0.2) is 34.3 Å². The molecule has 0 amide bonds. The fourth-order valence-corrected chi connectivity index (χ4v) is 5.64. The van der Waals surface area contributed by atoms with E-state index >= 15 is 0 Å². The van der Waals surface area contributed by atoms with Crippen LogP contribution in [0.15, 0.2) is 33.7 Å². The Kier molecular flexibility index (Phi) is 4.04. The van der Waals surface area contributed by atoms with Crippen molar-refractivity contribution in [3.63, 3.8) is 0 Å². The second-order valence-electron chi connectivity index (χ2n) is 5.55. The van der Waals surface area contributed by atoms with Crippen LogP contribution in [0.5, 0.6) is 0 Å². The third-order valence-corrected chi connectivity index (χ3v) is 7.24. The molecule has 0 radical (unpaired) electrons. The van der Waals surface area contributed by atoms with E-state index in [0.717, 1.165) is 0 Å². The molecular weight excluding hydrogens is 354 g/mol. The smallest absolute Gasteiger partial charge is 0.267 e. The molecule has 1 N–H and O–H groups in total. The van der Waals surface area contributed by atoms with Gasteiger partial charge in [-0.25, -0.2) is 16.8 Å². The van der Waals surface area contributed by atoms with Crippen LogP contribution >= 0.6 is 0 Å². The summed E-state index contributed by atoms with van der Waals surface area (Å²) in [6, 6.07) is 6.21. The van der Waals surface area contributed by atoms with E-state index in [1.807, 2.05) is 0 Å². The molecule has 1 aromatic heterocycles. The van der Waals surface area contributed by atoms with Crippen molar-refractivity contribution in [2.24, 2.45) is 0 Å². The lowest BCUT2D eigenvalue weighted by Gasteiger charge is -2.17. The lowest BCUT2D eigenvalue weighted by molar-refractivity contribution is 0.390. The summed E-state index contributed by atoms with van der Waals surface area (Å²) in [5.74, 6) is 0.340. The summed E-state index contributed by atoms with van der Waals surface area (Å²) in [4.78, 5) is 0.00805. The molecule has 8 nitrogen and oxygen atoms in total. The van der Waals surface area contributed by atoms with Crippen molar-refractivity contribution in [2.75, 3.05) is 21.3 Å². The fraction of sp³-hybridized carbons (Fsp3) is 0.357. The first-order chi connectivity index (χ1) is 11.2. The first-order valence-corrected chi connectivity index (χ1v) is 10.4. The maximum Gasteiger partial charge on any atom is 0.267 e. The molecule has 1 fully saturated rings. The second kappa shape index (κ2) is 5.78. The predicted octanol–water partition coefficient (Wildman–Crippen LogP) is 1.63. The SMILES string of the molecule is Cc1noc(C)c1S(=O)(=O)Nc1ccc(N2CCCS2(=O)=O)cc1. The lowest BCUT2D eigenvalue weighted by atomic mass is 10.3. The maximum absolute atomic E-state index is 12.4. The Labute approximate surface area is 140 Å². The summed E-state index contributed by atoms with van der Waals surface area (Å²) in [6.45, 7) is 3.51. The summed E-state index contributed by atoms with van der Waals surface area (Å²) < 4.78 is 57.3. The van der Waals surface area contributed by atoms with Crippen LogP contribution in [-0.2, 0) is 20.0 Å². The fourth-order valence-electron chi connectivity index (χ4n) is 2.69. The zero-order valence-electron chi connectivity index (χ0n) is 13.2. The highest BCUT2D eigenvalue weighted by molar-refractivity contribution is 7.93. The van der Waals surface area contributed by atoms with Gasteiger partial charge < -0.3 is 4.52 Å². The van der Waals surface area contributed by atoms with Gasteiger partial charge in [0.25, 0.3) is 10.0 Å². The van der Waals surface area contributed by atoms with Crippen LogP contribution in [0, 0.1) is 13.8 Å². The summed E-state index contributed by atoms with van der Waals surface area (Å²) in [5.41, 5.74) is 1.13. The molecule has 3 rings (SSSR count). The Hall–Kier alpha value is -2.07. The molecule has 10 heteroatoms. The number of nitrogens with one attached hydrogen (secondary N) is 1. The topological polar surface area (TPSA) is 110 Å². The highest BCUT2D eigenvalue weighted by Crippen LogP contribution is 2.27. The van der Waals surface area contributed by atoms with Crippen molar-refractivity contribution >= 4 is 31.4 Å². The molecule has 1 aliphatic heterocycles. The van der Waals surface area contributed by atoms with Crippen molar-refractivity contribution in [1.29, 1.82) is 0 Å². The van der Waals surface area contributed by atoms with E-state index < -0.39 is 20.0 Å². The van der Waals surface area contributed by atoms with Gasteiger partial charge in [0.05, 0.1) is 11.4 Å². The first kappa shape index (κ1) is 16.8. The normalized spacial score (nSPS) is 17.2. The van der Waals surface area contributed by atoms with E-state index in [1.165, 1.54) is 23.4 Å². The molecule has 1 aliphatic rings. The molecule has 0 bridgehead atoms. The molecule has 2 aromatic rings. The Morgan fingerprint density at radius 1 is 1.21 bits per heavy atom. The molecule has 0 aliphatic carbocycles. The second-order valence-corrected chi connectivity index (χ2v) is 9.18. The molecule has 1 saturated heterocycles. The molecule has 0 unspecified atom stereocenters. The van der Waals surface area contributed by atoms with Crippen molar-refractivity contribution in [2.45, 2.75) is 25.2 Å². The Morgan fingerprint density at radius 2 is 1.88 bits per heavy atom. The van der Waals surface area contributed by atoms with E-state index in [-0.39, 0.29) is 22.1 Å². The Balaban J connectivity index is 1.85. The number of nitrogens with zero attached hydrogens (tertiary/aromatic N) is 2. The third kappa shape index (κ3) is 2.98. The van der Waals surface area contributed by atoms with Gasteiger partial charge in [0.1, 0.15) is 5.69 Å². The maximum atomic E-state index is 12.4. The molecule has 0 atom stereocenters. The van der Waals surface area contributed by atoms with Gasteiger partial charge in [0.15, 0.2) is 10.7 Å². The first-order valence-electron chi connectivity index (χ1n) is 7.27. The minimum absolute atomic E-state index is 0.00805. The summed E-state index contributed by atoms with van der Waals surface area (Å²) in [6.07, 6.45) is 0.586. The van der Waals surface area contributed by atoms with E-state index in [2.05, 4.69) is 9.88 Å². The summed E-state index contributed by atoms with van der Waals surface area (Å²) >= 11 is 0. The number of hydrogen-bond acceptors (Lipinski definition) is 6. The van der Waals surface area contributed by atoms with Gasteiger partial charge in [0.2, 0.25) is 10.0 Å². The average Bonchev–Trinajstić information content (AvgIpc) is 3.01. The number of rotatable bonds is 4. The highest BCUT2D eigenvalue weighted by atomic mass is 32.2. The van der Waals surface area contributed by atoms with Crippen molar-refractivity contribution in [3.05, 3.63) is 35.7 Å². The minimum atomic E-state index is -3.82. The van der Waals surface area contributed by atoms with Crippen molar-refractivity contribution in [3.8, 4) is 0 Å². The van der Waals surface area contributed by atoms with E-state index in [0.29, 0.717) is 24.3 Å². The van der Waals surface area contributed by atoms with Crippen molar-refractivity contribution < 1.29 is 21.4 Å². The summed E-state index contributed by atoms with van der Waals surface area (Å²) in [7, 11) is -7.08. The largest absolute Gasteiger partial charge is 0.360 e. The third-order valence-electron chi connectivity index (χ3n) is 3.74. The van der Waals surface area contributed by atoms with Gasteiger partial charge in [-0.1, -0.05) is 5.16 Å². The minimum Gasteiger partial charge on any atom is -0.360 e. The molecular formula is C14H17N3O5S2.